The zero-order valence-electron chi connectivity index (χ0n) is 10.8. The van der Waals surface area contributed by atoms with Gasteiger partial charge in [0.2, 0.25) is 0 Å². The molecule has 1 aromatic heterocycles. The van der Waals surface area contributed by atoms with Crippen LogP contribution in [0.3, 0.4) is 0 Å². The third kappa shape index (κ3) is 3.73. The predicted molar refractivity (Wildman–Crippen MR) is 79.9 cm³/mol. The Balaban J connectivity index is 1.95. The fraction of sp³-hybridized carbons (Fsp3) is 0.714. The van der Waals surface area contributed by atoms with Crippen molar-refractivity contribution < 1.29 is 0 Å². The SMILES string of the molecule is Cc1ccc(C(CN)SC2CCCC(C)C2)s1. The molecule has 17 heavy (non-hydrogen) atoms. The van der Waals surface area contributed by atoms with Crippen molar-refractivity contribution in [3.8, 4) is 0 Å². The first-order valence-electron chi connectivity index (χ1n) is 6.61. The maximum Gasteiger partial charge on any atom is 0.0516 e. The van der Waals surface area contributed by atoms with Crippen LogP contribution >= 0.6 is 23.1 Å². The minimum Gasteiger partial charge on any atom is -0.329 e. The second-order valence-corrected chi connectivity index (χ2v) is 8.03. The number of hydrogen-bond donors (Lipinski definition) is 1. The van der Waals surface area contributed by atoms with Crippen molar-refractivity contribution in [2.75, 3.05) is 6.54 Å². The molecule has 0 amide bonds. The van der Waals surface area contributed by atoms with Gasteiger partial charge in [0.05, 0.1) is 5.25 Å². The minimum atomic E-state index is 0.518. The highest BCUT2D eigenvalue weighted by molar-refractivity contribution is 8.00. The van der Waals surface area contributed by atoms with Gasteiger partial charge in [-0.25, -0.2) is 0 Å². The second kappa shape index (κ2) is 6.26. The van der Waals surface area contributed by atoms with Crippen molar-refractivity contribution in [3.05, 3.63) is 21.9 Å². The van der Waals surface area contributed by atoms with Gasteiger partial charge >= 0.3 is 0 Å². The van der Waals surface area contributed by atoms with Gasteiger partial charge in [0.1, 0.15) is 0 Å². The normalized spacial score (nSPS) is 27.0. The summed E-state index contributed by atoms with van der Waals surface area (Å²) >= 11 is 4.03. The van der Waals surface area contributed by atoms with Crippen molar-refractivity contribution in [1.82, 2.24) is 0 Å². The van der Waals surface area contributed by atoms with Gasteiger partial charge in [0.15, 0.2) is 0 Å². The molecule has 0 bridgehead atoms. The third-order valence-electron chi connectivity index (χ3n) is 3.54. The van der Waals surface area contributed by atoms with Crippen molar-refractivity contribution in [2.24, 2.45) is 11.7 Å². The molecule has 0 saturated heterocycles. The highest BCUT2D eigenvalue weighted by atomic mass is 32.2. The number of rotatable bonds is 4. The Morgan fingerprint density at radius 1 is 1.47 bits per heavy atom. The predicted octanol–water partition coefficient (Wildman–Crippen LogP) is 4.37. The number of hydrogen-bond acceptors (Lipinski definition) is 3. The highest BCUT2D eigenvalue weighted by Crippen LogP contribution is 2.41. The van der Waals surface area contributed by atoms with Crippen LogP contribution in [0.15, 0.2) is 12.1 Å². The van der Waals surface area contributed by atoms with E-state index in [0.29, 0.717) is 5.25 Å². The van der Waals surface area contributed by atoms with Crippen LogP contribution in [0.25, 0.3) is 0 Å². The second-order valence-electron chi connectivity index (χ2n) is 5.20. The van der Waals surface area contributed by atoms with Crippen LogP contribution in [-0.4, -0.2) is 11.8 Å². The topological polar surface area (TPSA) is 26.0 Å². The molecule has 0 spiro atoms. The fourth-order valence-corrected chi connectivity index (χ4v) is 5.31. The molecule has 1 aromatic rings. The summed E-state index contributed by atoms with van der Waals surface area (Å²) in [4.78, 5) is 2.87. The summed E-state index contributed by atoms with van der Waals surface area (Å²) in [5, 5.41) is 1.35. The molecule has 1 fully saturated rings. The van der Waals surface area contributed by atoms with Gasteiger partial charge in [-0.2, -0.15) is 0 Å². The van der Waals surface area contributed by atoms with Crippen LogP contribution < -0.4 is 5.73 Å². The first-order valence-corrected chi connectivity index (χ1v) is 8.37. The molecule has 96 valence electrons. The average molecular weight is 269 g/mol. The molecule has 3 atom stereocenters. The number of thioether (sulfide) groups is 1. The molecule has 3 unspecified atom stereocenters. The molecule has 0 radical (unpaired) electrons. The van der Waals surface area contributed by atoms with Crippen LogP contribution in [0.5, 0.6) is 0 Å². The smallest absolute Gasteiger partial charge is 0.0516 e. The van der Waals surface area contributed by atoms with Gasteiger partial charge in [-0.15, -0.1) is 23.1 Å². The van der Waals surface area contributed by atoms with Crippen molar-refractivity contribution >= 4 is 23.1 Å². The largest absolute Gasteiger partial charge is 0.329 e. The van der Waals surface area contributed by atoms with Crippen molar-refractivity contribution in [1.29, 1.82) is 0 Å². The van der Waals surface area contributed by atoms with Gasteiger partial charge in [0, 0.05) is 21.5 Å². The Labute approximate surface area is 113 Å². The molecule has 1 aliphatic carbocycles. The zero-order valence-corrected chi connectivity index (χ0v) is 12.4. The van der Waals surface area contributed by atoms with Crippen LogP contribution in [0.2, 0.25) is 0 Å². The quantitative estimate of drug-likeness (QED) is 0.878. The number of aryl methyl sites for hydroxylation is 1. The van der Waals surface area contributed by atoms with E-state index in [1.165, 1.54) is 35.4 Å². The van der Waals surface area contributed by atoms with Crippen LogP contribution in [0.1, 0.15) is 47.6 Å². The Morgan fingerprint density at radius 3 is 2.88 bits per heavy atom. The molecule has 1 nitrogen and oxygen atoms in total. The minimum absolute atomic E-state index is 0.518. The molecule has 1 heterocycles. The first kappa shape index (κ1) is 13.4. The maximum atomic E-state index is 5.95. The summed E-state index contributed by atoms with van der Waals surface area (Å²) in [5.74, 6) is 0.907. The zero-order chi connectivity index (χ0) is 12.3. The van der Waals surface area contributed by atoms with E-state index in [1.807, 2.05) is 11.3 Å². The van der Waals surface area contributed by atoms with Crippen LogP contribution in [0.4, 0.5) is 0 Å². The lowest BCUT2D eigenvalue weighted by atomic mass is 9.91. The maximum absolute atomic E-state index is 5.95. The molecule has 1 saturated carbocycles. The first-order chi connectivity index (χ1) is 8.19. The molecular weight excluding hydrogens is 246 g/mol. The van der Waals surface area contributed by atoms with Crippen molar-refractivity contribution in [2.45, 2.75) is 50.0 Å². The van der Waals surface area contributed by atoms with E-state index >= 15 is 0 Å². The fourth-order valence-electron chi connectivity index (χ4n) is 2.60. The third-order valence-corrected chi connectivity index (χ3v) is 6.39. The van der Waals surface area contributed by atoms with E-state index in [4.69, 9.17) is 5.73 Å². The molecule has 0 aliphatic heterocycles. The molecule has 3 heteroatoms. The molecule has 0 aromatic carbocycles. The van der Waals surface area contributed by atoms with Gasteiger partial charge in [-0.3, -0.25) is 0 Å². The van der Waals surface area contributed by atoms with E-state index < -0.39 is 0 Å². The summed E-state index contributed by atoms with van der Waals surface area (Å²) in [7, 11) is 0. The Morgan fingerprint density at radius 2 is 2.29 bits per heavy atom. The molecule has 1 aliphatic rings. The van der Waals surface area contributed by atoms with Crippen LogP contribution in [0, 0.1) is 12.8 Å². The Kier molecular flexibility index (Phi) is 4.95. The lowest BCUT2D eigenvalue weighted by Gasteiger charge is -2.28. The van der Waals surface area contributed by atoms with Crippen molar-refractivity contribution in [3.63, 3.8) is 0 Å². The summed E-state index contributed by atoms with van der Waals surface area (Å²) in [6.07, 6.45) is 5.59. The van der Waals surface area contributed by atoms with E-state index in [2.05, 4.69) is 37.7 Å². The van der Waals surface area contributed by atoms with Crippen LogP contribution in [-0.2, 0) is 0 Å². The number of thiophene rings is 1. The van der Waals surface area contributed by atoms with E-state index in [1.54, 1.807) is 0 Å². The van der Waals surface area contributed by atoms with E-state index in [-0.39, 0.29) is 0 Å². The van der Waals surface area contributed by atoms with Gasteiger partial charge < -0.3 is 5.73 Å². The summed E-state index contributed by atoms with van der Waals surface area (Å²) in [6.45, 7) is 5.34. The highest BCUT2D eigenvalue weighted by Gasteiger charge is 2.23. The lowest BCUT2D eigenvalue weighted by molar-refractivity contribution is 0.393. The monoisotopic (exact) mass is 269 g/mol. The molecule has 2 N–H and O–H groups in total. The molecule has 2 rings (SSSR count). The van der Waals surface area contributed by atoms with Gasteiger partial charge in [0.25, 0.3) is 0 Å². The lowest BCUT2D eigenvalue weighted by Crippen LogP contribution is -2.19. The van der Waals surface area contributed by atoms with Gasteiger partial charge in [-0.1, -0.05) is 19.8 Å². The molecular formula is C14H23NS2. The standard InChI is InChI=1S/C14H23NS2/c1-10-4-3-5-12(8-10)17-14(9-15)13-7-6-11(2)16-13/h6-7,10,12,14H,3-5,8-9,15H2,1-2H3. The summed E-state index contributed by atoms with van der Waals surface area (Å²) < 4.78 is 0. The number of nitrogens with two attached hydrogens (primary N) is 1. The summed E-state index contributed by atoms with van der Waals surface area (Å²) in [6, 6.07) is 4.48. The van der Waals surface area contributed by atoms with E-state index in [9.17, 15) is 0 Å². The summed E-state index contributed by atoms with van der Waals surface area (Å²) in [5.41, 5.74) is 5.95. The Hall–Kier alpha value is 0.01000. The average Bonchev–Trinajstić information content (AvgIpc) is 2.73. The van der Waals surface area contributed by atoms with Gasteiger partial charge in [-0.05, 0) is 37.8 Å². The Bertz CT molecular complexity index is 348. The van der Waals surface area contributed by atoms with E-state index in [0.717, 1.165) is 17.7 Å².